The largest absolute Gasteiger partial charge is 0.523 e. The topological polar surface area (TPSA) is 52.6 Å². The molecule has 13 heavy (non-hydrogen) atoms. The lowest BCUT2D eigenvalue weighted by atomic mass is 10.3. The van der Waals surface area contributed by atoms with Crippen LogP contribution in [-0.2, 0) is 19.0 Å². The van der Waals surface area contributed by atoms with E-state index in [0.717, 1.165) is 0 Å². The minimum Gasteiger partial charge on any atom is -0.379 e. The third kappa shape index (κ3) is 2.55. The molecule has 0 aromatic rings. The van der Waals surface area contributed by atoms with E-state index < -0.39 is 21.7 Å². The van der Waals surface area contributed by atoms with Crippen LogP contribution in [0, 0.1) is 0 Å². The standard InChI is InChI=1S/C5H7F3O4S/c6-5(7,8)13(9,10)12-4-1-2-11-3-4/h4H,1-3H2/t4-/m0/s1. The van der Waals surface area contributed by atoms with Crippen LogP contribution in [-0.4, -0.2) is 33.2 Å². The monoisotopic (exact) mass is 220 g/mol. The molecule has 0 spiro atoms. The molecule has 1 rings (SSSR count). The van der Waals surface area contributed by atoms with Crippen molar-refractivity contribution >= 4 is 10.1 Å². The summed E-state index contributed by atoms with van der Waals surface area (Å²) < 4.78 is 64.6. The number of hydrogen-bond acceptors (Lipinski definition) is 4. The van der Waals surface area contributed by atoms with Crippen molar-refractivity contribution in [1.29, 1.82) is 0 Å². The lowest BCUT2D eigenvalue weighted by molar-refractivity contribution is -0.0574. The second kappa shape index (κ2) is 3.43. The summed E-state index contributed by atoms with van der Waals surface area (Å²) >= 11 is 0. The van der Waals surface area contributed by atoms with Crippen LogP contribution in [0.15, 0.2) is 0 Å². The summed E-state index contributed by atoms with van der Waals surface area (Å²) in [4.78, 5) is 0. The van der Waals surface area contributed by atoms with E-state index in [4.69, 9.17) is 0 Å². The second-order valence-electron chi connectivity index (χ2n) is 2.48. The Kier molecular flexibility index (Phi) is 2.83. The summed E-state index contributed by atoms with van der Waals surface area (Å²) in [6.45, 7) is 0.105. The van der Waals surface area contributed by atoms with Gasteiger partial charge in [0, 0.05) is 13.0 Å². The number of alkyl halides is 3. The van der Waals surface area contributed by atoms with Crippen LogP contribution in [0.2, 0.25) is 0 Å². The molecule has 0 aromatic heterocycles. The van der Waals surface area contributed by atoms with Gasteiger partial charge >= 0.3 is 15.6 Å². The molecule has 0 aromatic carbocycles. The summed E-state index contributed by atoms with van der Waals surface area (Å²) in [5.74, 6) is 0. The fraction of sp³-hybridized carbons (Fsp3) is 1.00. The van der Waals surface area contributed by atoms with Gasteiger partial charge in [0.15, 0.2) is 0 Å². The van der Waals surface area contributed by atoms with Gasteiger partial charge in [-0.25, -0.2) is 0 Å². The van der Waals surface area contributed by atoms with Crippen molar-refractivity contribution in [2.24, 2.45) is 0 Å². The third-order valence-electron chi connectivity index (χ3n) is 1.43. The van der Waals surface area contributed by atoms with Crippen LogP contribution in [0.3, 0.4) is 0 Å². The highest BCUT2D eigenvalue weighted by atomic mass is 32.2. The molecular formula is C5H7F3O4S. The van der Waals surface area contributed by atoms with E-state index in [1.807, 2.05) is 0 Å². The summed E-state index contributed by atoms with van der Waals surface area (Å²) in [6.07, 6.45) is -0.846. The van der Waals surface area contributed by atoms with Gasteiger partial charge in [-0.2, -0.15) is 21.6 Å². The van der Waals surface area contributed by atoms with Crippen molar-refractivity contribution in [3.8, 4) is 0 Å². The fourth-order valence-corrected chi connectivity index (χ4v) is 1.44. The maximum absolute atomic E-state index is 11.7. The Balaban J connectivity index is 2.62. The quantitative estimate of drug-likeness (QED) is 0.506. The van der Waals surface area contributed by atoms with E-state index in [-0.39, 0.29) is 19.6 Å². The van der Waals surface area contributed by atoms with Crippen molar-refractivity contribution in [2.75, 3.05) is 13.2 Å². The van der Waals surface area contributed by atoms with E-state index >= 15 is 0 Å². The molecule has 8 heteroatoms. The van der Waals surface area contributed by atoms with Crippen LogP contribution >= 0.6 is 0 Å². The number of halogens is 3. The third-order valence-corrected chi connectivity index (χ3v) is 2.53. The van der Waals surface area contributed by atoms with Crippen LogP contribution in [0.25, 0.3) is 0 Å². The Labute approximate surface area is 72.8 Å². The van der Waals surface area contributed by atoms with Crippen LogP contribution in [0.5, 0.6) is 0 Å². The van der Waals surface area contributed by atoms with Gasteiger partial charge < -0.3 is 4.74 Å². The first kappa shape index (κ1) is 10.7. The van der Waals surface area contributed by atoms with Crippen molar-refractivity contribution in [3.63, 3.8) is 0 Å². The Morgan fingerprint density at radius 2 is 2.00 bits per heavy atom. The Hall–Kier alpha value is -0.340. The zero-order chi connectivity index (χ0) is 10.1. The lowest BCUT2D eigenvalue weighted by Gasteiger charge is -2.11. The first-order chi connectivity index (χ1) is 5.83. The highest BCUT2D eigenvalue weighted by Gasteiger charge is 2.48. The molecular weight excluding hydrogens is 213 g/mol. The molecule has 0 radical (unpaired) electrons. The molecule has 1 aliphatic rings. The molecule has 1 heterocycles. The van der Waals surface area contributed by atoms with Crippen molar-refractivity contribution in [1.82, 2.24) is 0 Å². The summed E-state index contributed by atoms with van der Waals surface area (Å²) in [7, 11) is -5.46. The van der Waals surface area contributed by atoms with Gasteiger partial charge in [-0.3, -0.25) is 4.18 Å². The normalized spacial score (nSPS) is 25.0. The van der Waals surface area contributed by atoms with Gasteiger partial charge in [0.05, 0.1) is 6.61 Å². The maximum atomic E-state index is 11.7. The van der Waals surface area contributed by atoms with Gasteiger partial charge in [0.2, 0.25) is 0 Å². The number of ether oxygens (including phenoxy) is 1. The predicted molar refractivity (Wildman–Crippen MR) is 35.3 cm³/mol. The van der Waals surface area contributed by atoms with Gasteiger partial charge in [-0.05, 0) is 0 Å². The molecule has 78 valence electrons. The number of hydrogen-bond donors (Lipinski definition) is 0. The first-order valence-electron chi connectivity index (χ1n) is 3.40. The van der Waals surface area contributed by atoms with Crippen molar-refractivity contribution < 1.29 is 30.5 Å². The molecule has 0 unspecified atom stereocenters. The average Bonchev–Trinajstić information content (AvgIpc) is 2.35. The molecule has 0 aliphatic carbocycles. The first-order valence-corrected chi connectivity index (χ1v) is 4.81. The van der Waals surface area contributed by atoms with Crippen molar-refractivity contribution in [2.45, 2.75) is 18.0 Å². The maximum Gasteiger partial charge on any atom is 0.523 e. The predicted octanol–water partition coefficient (Wildman–Crippen LogP) is 0.642. The minimum atomic E-state index is -5.46. The molecule has 1 saturated heterocycles. The van der Waals surface area contributed by atoms with Gasteiger partial charge in [0.1, 0.15) is 6.10 Å². The highest BCUT2D eigenvalue weighted by molar-refractivity contribution is 7.87. The summed E-state index contributed by atoms with van der Waals surface area (Å²) in [5.41, 5.74) is -5.35. The van der Waals surface area contributed by atoms with Crippen LogP contribution < -0.4 is 0 Å². The Bertz CT molecular complexity index is 264. The average molecular weight is 220 g/mol. The van der Waals surface area contributed by atoms with Crippen LogP contribution in [0.4, 0.5) is 13.2 Å². The molecule has 4 nitrogen and oxygen atoms in total. The Morgan fingerprint density at radius 1 is 1.38 bits per heavy atom. The highest BCUT2D eigenvalue weighted by Crippen LogP contribution is 2.27. The minimum absolute atomic E-state index is 0.116. The van der Waals surface area contributed by atoms with Gasteiger partial charge in [-0.1, -0.05) is 0 Å². The second-order valence-corrected chi connectivity index (χ2v) is 4.05. The molecule has 0 amide bonds. The molecule has 0 saturated carbocycles. The molecule has 1 fully saturated rings. The summed E-state index contributed by atoms with van der Waals surface area (Å²) in [5, 5.41) is 0. The zero-order valence-corrected chi connectivity index (χ0v) is 7.19. The van der Waals surface area contributed by atoms with E-state index in [1.54, 1.807) is 0 Å². The SMILES string of the molecule is O=S(=O)(O[C@H]1CCOC1)C(F)(F)F. The molecule has 1 aliphatic heterocycles. The van der Waals surface area contributed by atoms with E-state index in [1.165, 1.54) is 0 Å². The Morgan fingerprint density at radius 3 is 2.38 bits per heavy atom. The molecule has 0 bridgehead atoms. The molecule has 1 atom stereocenters. The smallest absolute Gasteiger partial charge is 0.379 e. The number of rotatable bonds is 2. The van der Waals surface area contributed by atoms with E-state index in [9.17, 15) is 21.6 Å². The lowest BCUT2D eigenvalue weighted by Crippen LogP contribution is -2.30. The van der Waals surface area contributed by atoms with E-state index in [0.29, 0.717) is 0 Å². The zero-order valence-electron chi connectivity index (χ0n) is 6.37. The van der Waals surface area contributed by atoms with Gasteiger partial charge in [-0.15, -0.1) is 0 Å². The summed E-state index contributed by atoms with van der Waals surface area (Å²) in [6, 6.07) is 0. The van der Waals surface area contributed by atoms with Gasteiger partial charge in [0.25, 0.3) is 0 Å². The van der Waals surface area contributed by atoms with Crippen molar-refractivity contribution in [3.05, 3.63) is 0 Å². The fourth-order valence-electron chi connectivity index (χ4n) is 0.822. The van der Waals surface area contributed by atoms with E-state index in [2.05, 4.69) is 8.92 Å². The molecule has 0 N–H and O–H groups in total. The van der Waals surface area contributed by atoms with Crippen LogP contribution in [0.1, 0.15) is 6.42 Å².